The fourth-order valence-electron chi connectivity index (χ4n) is 2.91. The number of halogens is 3. The van der Waals surface area contributed by atoms with E-state index in [0.29, 0.717) is 11.8 Å². The molecule has 4 rings (SSSR count). The van der Waals surface area contributed by atoms with Crippen molar-refractivity contribution in [3.8, 4) is 11.3 Å². The predicted octanol–water partition coefficient (Wildman–Crippen LogP) is 3.50. The van der Waals surface area contributed by atoms with Crippen LogP contribution in [-0.4, -0.2) is 20.6 Å². The number of anilines is 1. The molecule has 2 heterocycles. The molecule has 0 fully saturated rings. The van der Waals surface area contributed by atoms with Crippen molar-refractivity contribution < 1.29 is 22.5 Å². The lowest BCUT2D eigenvalue weighted by Gasteiger charge is -2.07. The summed E-state index contributed by atoms with van der Waals surface area (Å²) in [5.74, 6) is -2.49. The minimum absolute atomic E-state index is 0.0169. The molecule has 0 atom stereocenters. The van der Waals surface area contributed by atoms with Crippen LogP contribution in [-0.2, 0) is 11.3 Å². The van der Waals surface area contributed by atoms with Gasteiger partial charge < -0.3 is 9.84 Å². The third-order valence-electron chi connectivity index (χ3n) is 4.31. The molecule has 0 spiro atoms. The normalized spacial score (nSPS) is 11.0. The zero-order valence-corrected chi connectivity index (χ0v) is 15.2. The Morgan fingerprint density at radius 2 is 1.73 bits per heavy atom. The molecule has 0 aliphatic carbocycles. The van der Waals surface area contributed by atoms with Crippen molar-refractivity contribution in [1.29, 1.82) is 0 Å². The van der Waals surface area contributed by atoms with Crippen LogP contribution in [0.1, 0.15) is 6.42 Å². The smallest absolute Gasteiger partial charge is 0.266 e. The molecule has 30 heavy (non-hydrogen) atoms. The maximum absolute atomic E-state index is 13.5. The zero-order chi connectivity index (χ0) is 21.3. The van der Waals surface area contributed by atoms with E-state index in [0.717, 1.165) is 12.1 Å². The molecule has 2 aromatic heterocycles. The van der Waals surface area contributed by atoms with Crippen LogP contribution in [0.25, 0.3) is 22.4 Å². The van der Waals surface area contributed by atoms with Crippen LogP contribution in [0, 0.1) is 17.5 Å². The molecule has 0 aliphatic heterocycles. The minimum atomic E-state index is -0.831. The van der Waals surface area contributed by atoms with Crippen molar-refractivity contribution in [1.82, 2.24) is 14.7 Å². The summed E-state index contributed by atoms with van der Waals surface area (Å²) in [5, 5.41) is 6.24. The first-order valence-electron chi connectivity index (χ1n) is 8.77. The third kappa shape index (κ3) is 3.93. The van der Waals surface area contributed by atoms with Gasteiger partial charge in [0.2, 0.25) is 5.91 Å². The average molecular weight is 414 g/mol. The van der Waals surface area contributed by atoms with E-state index in [4.69, 9.17) is 4.52 Å². The summed E-state index contributed by atoms with van der Waals surface area (Å²) in [7, 11) is 0. The first-order valence-corrected chi connectivity index (χ1v) is 8.77. The Balaban J connectivity index is 1.58. The molecular formula is C20H13F3N4O3. The highest BCUT2D eigenvalue weighted by Crippen LogP contribution is 2.25. The molecule has 0 radical (unpaired) electrons. The van der Waals surface area contributed by atoms with Gasteiger partial charge in [0.15, 0.2) is 0 Å². The van der Waals surface area contributed by atoms with Gasteiger partial charge in [-0.05, 0) is 36.4 Å². The highest BCUT2D eigenvalue weighted by atomic mass is 19.1. The highest BCUT2D eigenvalue weighted by molar-refractivity contribution is 5.91. The van der Waals surface area contributed by atoms with E-state index in [9.17, 15) is 22.8 Å². The molecule has 0 unspecified atom stereocenters. The summed E-state index contributed by atoms with van der Waals surface area (Å²) < 4.78 is 46.2. The lowest BCUT2D eigenvalue weighted by molar-refractivity contribution is -0.116. The van der Waals surface area contributed by atoms with Crippen molar-refractivity contribution in [2.24, 2.45) is 0 Å². The van der Waals surface area contributed by atoms with E-state index in [1.165, 1.54) is 35.2 Å². The zero-order valence-electron chi connectivity index (χ0n) is 15.2. The maximum Gasteiger partial charge on any atom is 0.266 e. The lowest BCUT2D eigenvalue weighted by Crippen LogP contribution is -2.23. The molecule has 0 saturated carbocycles. The van der Waals surface area contributed by atoms with Gasteiger partial charge >= 0.3 is 0 Å². The second kappa shape index (κ2) is 7.82. The predicted molar refractivity (Wildman–Crippen MR) is 101 cm³/mol. The number of carbonyl (C=O) groups excluding carboxylic acids is 1. The van der Waals surface area contributed by atoms with Crippen molar-refractivity contribution in [3.63, 3.8) is 0 Å². The number of nitrogens with zero attached hydrogens (tertiary/aromatic N) is 3. The van der Waals surface area contributed by atoms with Gasteiger partial charge in [0.25, 0.3) is 11.3 Å². The Morgan fingerprint density at radius 3 is 2.43 bits per heavy atom. The Kier molecular flexibility index (Phi) is 5.05. The van der Waals surface area contributed by atoms with Gasteiger partial charge in [0, 0.05) is 30.3 Å². The number of carbonyl (C=O) groups is 1. The Morgan fingerprint density at radius 1 is 1.03 bits per heavy atom. The van der Waals surface area contributed by atoms with E-state index in [1.54, 1.807) is 0 Å². The number of amides is 1. The summed E-state index contributed by atoms with van der Waals surface area (Å²) >= 11 is 0. The first-order chi connectivity index (χ1) is 14.4. The van der Waals surface area contributed by atoms with Crippen LogP contribution in [0.3, 0.4) is 0 Å². The van der Waals surface area contributed by atoms with Gasteiger partial charge in [-0.3, -0.25) is 14.2 Å². The summed E-state index contributed by atoms with van der Waals surface area (Å²) in [5.41, 5.74) is -0.276. The molecule has 1 amide bonds. The van der Waals surface area contributed by atoms with E-state index in [1.807, 2.05) is 0 Å². The van der Waals surface area contributed by atoms with Crippen LogP contribution >= 0.6 is 0 Å². The van der Waals surface area contributed by atoms with Crippen LogP contribution < -0.4 is 10.9 Å². The molecule has 0 saturated heterocycles. The number of fused-ring (bicyclic) bond motifs is 1. The SMILES string of the molecule is O=C(CCn1cnc2onc(-c3cc(F)cc(F)c3)c2c1=O)Nc1ccc(F)cc1. The number of hydrogen-bond donors (Lipinski definition) is 1. The standard InChI is InChI=1S/C20H13F3N4O3/c21-12-1-3-15(4-2-12)25-16(28)5-6-27-10-24-19-17(20(27)29)18(26-30-19)11-7-13(22)9-14(23)8-11/h1-4,7-10H,5-6H2,(H,25,28). The summed E-state index contributed by atoms with van der Waals surface area (Å²) in [6.07, 6.45) is 1.12. The van der Waals surface area contributed by atoms with Gasteiger partial charge in [-0.25, -0.2) is 18.2 Å². The molecule has 7 nitrogen and oxygen atoms in total. The molecule has 0 aliphatic rings. The summed E-state index contributed by atoms with van der Waals surface area (Å²) in [6, 6.07) is 7.98. The molecule has 10 heteroatoms. The topological polar surface area (TPSA) is 90.0 Å². The summed E-state index contributed by atoms with van der Waals surface area (Å²) in [6.45, 7) is -0.0169. The molecule has 1 N–H and O–H groups in total. The highest BCUT2D eigenvalue weighted by Gasteiger charge is 2.18. The van der Waals surface area contributed by atoms with Gasteiger partial charge in [0.05, 0.1) is 0 Å². The molecule has 2 aromatic carbocycles. The number of nitrogens with one attached hydrogen (secondary N) is 1. The monoisotopic (exact) mass is 414 g/mol. The van der Waals surface area contributed by atoms with E-state index < -0.39 is 28.9 Å². The van der Waals surface area contributed by atoms with Crippen LogP contribution in [0.15, 0.2) is 58.1 Å². The average Bonchev–Trinajstić information content (AvgIpc) is 3.13. The third-order valence-corrected chi connectivity index (χ3v) is 4.31. The Labute approximate surface area is 166 Å². The largest absolute Gasteiger partial charge is 0.335 e. The molecule has 152 valence electrons. The Bertz CT molecular complexity index is 1280. The van der Waals surface area contributed by atoms with Crippen molar-refractivity contribution in [2.75, 3.05) is 5.32 Å². The second-order valence-corrected chi connectivity index (χ2v) is 6.42. The van der Waals surface area contributed by atoms with Gasteiger partial charge in [-0.15, -0.1) is 0 Å². The van der Waals surface area contributed by atoms with E-state index in [-0.39, 0.29) is 35.3 Å². The van der Waals surface area contributed by atoms with Gasteiger partial charge in [0.1, 0.15) is 34.9 Å². The van der Waals surface area contributed by atoms with Crippen LogP contribution in [0.2, 0.25) is 0 Å². The molecule has 0 bridgehead atoms. The number of aryl methyl sites for hydroxylation is 1. The van der Waals surface area contributed by atoms with Gasteiger partial charge in [-0.2, -0.15) is 0 Å². The molecule has 4 aromatic rings. The number of aromatic nitrogens is 3. The molecular weight excluding hydrogens is 401 g/mol. The second-order valence-electron chi connectivity index (χ2n) is 6.42. The number of rotatable bonds is 5. The van der Waals surface area contributed by atoms with Crippen LogP contribution in [0.5, 0.6) is 0 Å². The van der Waals surface area contributed by atoms with E-state index in [2.05, 4.69) is 15.5 Å². The van der Waals surface area contributed by atoms with Crippen molar-refractivity contribution in [3.05, 3.63) is 76.6 Å². The number of hydrogen-bond acceptors (Lipinski definition) is 5. The maximum atomic E-state index is 13.5. The number of benzene rings is 2. The fourth-order valence-corrected chi connectivity index (χ4v) is 2.91. The lowest BCUT2D eigenvalue weighted by atomic mass is 10.1. The Hall–Kier alpha value is -3.95. The van der Waals surface area contributed by atoms with Gasteiger partial charge in [-0.1, -0.05) is 5.16 Å². The summed E-state index contributed by atoms with van der Waals surface area (Å²) in [4.78, 5) is 28.9. The van der Waals surface area contributed by atoms with Crippen molar-refractivity contribution >= 4 is 22.7 Å². The van der Waals surface area contributed by atoms with Crippen LogP contribution in [0.4, 0.5) is 18.9 Å². The fraction of sp³-hybridized carbons (Fsp3) is 0.100. The minimum Gasteiger partial charge on any atom is -0.335 e. The first kappa shape index (κ1) is 19.4. The van der Waals surface area contributed by atoms with E-state index >= 15 is 0 Å². The van der Waals surface area contributed by atoms with Crippen molar-refractivity contribution in [2.45, 2.75) is 13.0 Å². The quantitative estimate of drug-likeness (QED) is 0.540.